The van der Waals surface area contributed by atoms with Crippen LogP contribution >= 0.6 is 7.60 Å². The third-order valence-corrected chi connectivity index (χ3v) is 4.51. The van der Waals surface area contributed by atoms with E-state index in [0.717, 1.165) is 0 Å². The summed E-state index contributed by atoms with van der Waals surface area (Å²) in [6, 6.07) is 0. The molecule has 0 radical (unpaired) electrons. The van der Waals surface area contributed by atoms with Crippen LogP contribution < -0.4 is 11.3 Å². The minimum Gasteiger partial charge on any atom is -0.369 e. The molecular formula is C10H14N5O5P. The van der Waals surface area contributed by atoms with Gasteiger partial charge in [0, 0.05) is 0 Å². The number of anilines is 1. The normalized spacial score (nSPS) is 26.2. The highest BCUT2D eigenvalue weighted by molar-refractivity contribution is 7.52. The summed E-state index contributed by atoms with van der Waals surface area (Å²) in [4.78, 5) is 31.2. The van der Waals surface area contributed by atoms with Crippen molar-refractivity contribution in [3.63, 3.8) is 0 Å². The summed E-state index contributed by atoms with van der Waals surface area (Å²) in [7, 11) is -3.43. The molecule has 1 aliphatic rings. The number of nitrogen functional groups attached to an aromatic ring is 1. The summed E-state index contributed by atoms with van der Waals surface area (Å²) >= 11 is 0. The monoisotopic (exact) mass is 315 g/mol. The van der Waals surface area contributed by atoms with E-state index in [-0.39, 0.29) is 37.1 Å². The van der Waals surface area contributed by atoms with Crippen LogP contribution in [0, 0.1) is 0 Å². The van der Waals surface area contributed by atoms with E-state index in [1.807, 2.05) is 0 Å². The molecule has 0 spiro atoms. The fourth-order valence-corrected chi connectivity index (χ4v) is 3.18. The number of nitrogens with one attached hydrogen (secondary N) is 1. The zero-order valence-corrected chi connectivity index (χ0v) is 11.8. The van der Waals surface area contributed by atoms with Gasteiger partial charge in [0.1, 0.15) is 6.73 Å². The number of H-pyrrole nitrogens is 1. The maximum atomic E-state index is 11.6. The van der Waals surface area contributed by atoms with Gasteiger partial charge in [0.2, 0.25) is 5.95 Å². The van der Waals surface area contributed by atoms with Crippen LogP contribution in [0.4, 0.5) is 5.95 Å². The van der Waals surface area contributed by atoms with Crippen molar-refractivity contribution in [2.24, 2.45) is 0 Å². The summed E-state index contributed by atoms with van der Waals surface area (Å²) in [5.41, 5.74) is 5.57. The molecule has 0 aromatic carbocycles. The van der Waals surface area contributed by atoms with E-state index in [1.54, 1.807) is 0 Å². The molecule has 3 heterocycles. The Kier molecular flexibility index (Phi) is 3.54. The minimum absolute atomic E-state index is 0.00327. The number of hydrogen-bond acceptors (Lipinski definition) is 7. The SMILES string of the molecule is Nc1nc2c(ncn2CO[C@@H]2CCP(=O)(O)OC2)c(=O)[nH]1. The zero-order chi connectivity index (χ0) is 15.0. The molecule has 0 amide bonds. The highest BCUT2D eigenvalue weighted by Gasteiger charge is 2.29. The summed E-state index contributed by atoms with van der Waals surface area (Å²) in [6.45, 7) is 0.146. The topological polar surface area (TPSA) is 145 Å². The third kappa shape index (κ3) is 2.98. The van der Waals surface area contributed by atoms with Crippen molar-refractivity contribution in [1.82, 2.24) is 19.5 Å². The molecule has 0 aliphatic carbocycles. The molecule has 114 valence electrons. The number of aromatic nitrogens is 4. The maximum Gasteiger partial charge on any atom is 0.328 e. The van der Waals surface area contributed by atoms with Gasteiger partial charge >= 0.3 is 7.60 Å². The average molecular weight is 315 g/mol. The summed E-state index contributed by atoms with van der Waals surface area (Å²) in [5, 5.41) is 0. The van der Waals surface area contributed by atoms with Crippen molar-refractivity contribution in [3.05, 3.63) is 16.7 Å². The predicted molar refractivity (Wildman–Crippen MR) is 72.7 cm³/mol. The first-order valence-corrected chi connectivity index (χ1v) is 7.99. The molecular weight excluding hydrogens is 301 g/mol. The van der Waals surface area contributed by atoms with Gasteiger partial charge < -0.3 is 19.9 Å². The first-order valence-electron chi connectivity index (χ1n) is 6.23. The van der Waals surface area contributed by atoms with Crippen molar-refractivity contribution in [2.45, 2.75) is 19.3 Å². The second kappa shape index (κ2) is 5.23. The molecule has 0 bridgehead atoms. The second-order valence-corrected chi connectivity index (χ2v) is 6.68. The molecule has 1 fully saturated rings. The van der Waals surface area contributed by atoms with Gasteiger partial charge in [-0.15, -0.1) is 0 Å². The van der Waals surface area contributed by atoms with E-state index in [0.29, 0.717) is 12.1 Å². The van der Waals surface area contributed by atoms with E-state index in [2.05, 4.69) is 15.0 Å². The lowest BCUT2D eigenvalue weighted by atomic mass is 10.3. The molecule has 2 aromatic rings. The van der Waals surface area contributed by atoms with Crippen LogP contribution in [0.2, 0.25) is 0 Å². The average Bonchev–Trinajstić information content (AvgIpc) is 2.81. The van der Waals surface area contributed by atoms with Gasteiger partial charge in [-0.05, 0) is 6.42 Å². The summed E-state index contributed by atoms with van der Waals surface area (Å²) in [5.74, 6) is -0.00327. The van der Waals surface area contributed by atoms with Gasteiger partial charge in [-0.1, -0.05) is 0 Å². The summed E-state index contributed by atoms with van der Waals surface area (Å²) < 4.78 is 23.2. The number of ether oxygens (including phenoxy) is 1. The van der Waals surface area contributed by atoms with Crippen molar-refractivity contribution in [3.8, 4) is 0 Å². The van der Waals surface area contributed by atoms with Gasteiger partial charge in [-0.2, -0.15) is 4.98 Å². The van der Waals surface area contributed by atoms with Crippen LogP contribution in [0.5, 0.6) is 0 Å². The van der Waals surface area contributed by atoms with E-state index < -0.39 is 13.2 Å². The lowest BCUT2D eigenvalue weighted by molar-refractivity contribution is -0.0281. The molecule has 2 aromatic heterocycles. The van der Waals surface area contributed by atoms with Crippen LogP contribution in [0.3, 0.4) is 0 Å². The Morgan fingerprint density at radius 3 is 3.19 bits per heavy atom. The summed E-state index contributed by atoms with van der Waals surface area (Å²) in [6.07, 6.45) is 1.62. The van der Waals surface area contributed by atoms with Crippen molar-refractivity contribution in [1.29, 1.82) is 0 Å². The predicted octanol–water partition coefficient (Wildman–Crippen LogP) is -0.350. The minimum atomic E-state index is -3.43. The van der Waals surface area contributed by atoms with Gasteiger partial charge in [-0.25, -0.2) is 4.98 Å². The van der Waals surface area contributed by atoms with Crippen LogP contribution in [0.15, 0.2) is 11.1 Å². The highest BCUT2D eigenvalue weighted by Crippen LogP contribution is 2.46. The van der Waals surface area contributed by atoms with Gasteiger partial charge in [0.15, 0.2) is 11.2 Å². The number of rotatable bonds is 3. The molecule has 3 rings (SSSR count). The zero-order valence-electron chi connectivity index (χ0n) is 10.9. The molecule has 2 atom stereocenters. The largest absolute Gasteiger partial charge is 0.369 e. The molecule has 1 unspecified atom stereocenters. The highest BCUT2D eigenvalue weighted by atomic mass is 31.2. The molecule has 11 heteroatoms. The Labute approximate surface area is 118 Å². The quantitative estimate of drug-likeness (QED) is 0.651. The number of hydrogen-bond donors (Lipinski definition) is 3. The Balaban J connectivity index is 1.72. The lowest BCUT2D eigenvalue weighted by Gasteiger charge is -2.25. The fraction of sp³-hybridized carbons (Fsp3) is 0.500. The first-order chi connectivity index (χ1) is 9.94. The molecule has 21 heavy (non-hydrogen) atoms. The van der Waals surface area contributed by atoms with Crippen molar-refractivity contribution >= 4 is 24.7 Å². The van der Waals surface area contributed by atoms with E-state index in [9.17, 15) is 14.3 Å². The molecule has 0 saturated carbocycles. The standard InChI is InChI=1S/C10H14N5O5P/c11-10-13-8-7(9(16)14-10)12-4-15(8)5-19-6-1-2-21(17,18)20-3-6/h4,6H,1-3,5H2,(H,17,18)(H3,11,13,14,16)/t6-/m1/s1. The Morgan fingerprint density at radius 2 is 2.48 bits per heavy atom. The van der Waals surface area contributed by atoms with Crippen molar-refractivity contribution < 1.29 is 18.7 Å². The Hall–Kier alpha value is -1.74. The maximum absolute atomic E-state index is 11.6. The van der Waals surface area contributed by atoms with Crippen LogP contribution in [0.1, 0.15) is 6.42 Å². The molecule has 1 saturated heterocycles. The fourth-order valence-electron chi connectivity index (χ4n) is 2.04. The first kappa shape index (κ1) is 14.2. The third-order valence-electron chi connectivity index (χ3n) is 3.14. The van der Waals surface area contributed by atoms with Crippen LogP contribution in [0.25, 0.3) is 11.2 Å². The number of imidazole rings is 1. The number of nitrogens with two attached hydrogens (primary N) is 1. The second-order valence-electron chi connectivity index (χ2n) is 4.70. The molecule has 4 N–H and O–H groups in total. The van der Waals surface area contributed by atoms with E-state index in [1.165, 1.54) is 10.9 Å². The smallest absolute Gasteiger partial charge is 0.328 e. The van der Waals surface area contributed by atoms with Gasteiger partial charge in [0.25, 0.3) is 5.56 Å². The van der Waals surface area contributed by atoms with Crippen LogP contribution in [-0.4, -0.2) is 43.3 Å². The van der Waals surface area contributed by atoms with Gasteiger partial charge in [0.05, 0.1) is 25.2 Å². The van der Waals surface area contributed by atoms with Crippen LogP contribution in [-0.2, 0) is 20.6 Å². The lowest BCUT2D eigenvalue weighted by Crippen LogP contribution is -2.26. The van der Waals surface area contributed by atoms with E-state index >= 15 is 0 Å². The Morgan fingerprint density at radius 1 is 1.67 bits per heavy atom. The molecule has 1 aliphatic heterocycles. The number of aromatic amines is 1. The molecule has 10 nitrogen and oxygen atoms in total. The Bertz CT molecular complexity index is 759. The van der Waals surface area contributed by atoms with Gasteiger partial charge in [-0.3, -0.25) is 18.9 Å². The van der Waals surface area contributed by atoms with E-state index in [4.69, 9.17) is 15.0 Å². The number of fused-ring (bicyclic) bond motifs is 1. The van der Waals surface area contributed by atoms with Crippen molar-refractivity contribution in [2.75, 3.05) is 18.5 Å². The number of nitrogens with zero attached hydrogens (tertiary/aromatic N) is 3.